The molecule has 0 saturated heterocycles. The molecule has 6 nitrogen and oxygen atoms in total. The first-order chi connectivity index (χ1) is 10.2. The van der Waals surface area contributed by atoms with Crippen molar-refractivity contribution in [3.05, 3.63) is 29.6 Å². The fourth-order valence-electron chi connectivity index (χ4n) is 1.82. The number of methoxy groups -OCH3 is 2. The molecular weight excluding hydrogens is 288 g/mol. The van der Waals surface area contributed by atoms with E-state index in [4.69, 9.17) is 9.47 Å². The van der Waals surface area contributed by atoms with Gasteiger partial charge >= 0.3 is 0 Å². The maximum Gasteiger partial charge on any atom is 0.211 e. The molecule has 0 aliphatic rings. The van der Waals surface area contributed by atoms with Gasteiger partial charge in [0.1, 0.15) is 11.5 Å². The van der Waals surface area contributed by atoms with Crippen LogP contribution in [0.4, 0.5) is 0 Å². The Balaban J connectivity index is 2.39. The molecule has 2 aromatic rings. The topological polar surface area (TPSA) is 61.5 Å². The number of rotatable bonds is 6. The Morgan fingerprint density at radius 3 is 2.71 bits per heavy atom. The highest BCUT2D eigenvalue weighted by atomic mass is 32.2. The molecule has 0 saturated carbocycles. The van der Waals surface area contributed by atoms with E-state index in [-0.39, 0.29) is 0 Å². The lowest BCUT2D eigenvalue weighted by Crippen LogP contribution is -2.00. The number of aryl methyl sites for hydroxylation is 1. The molecule has 0 spiro atoms. The largest absolute Gasteiger partial charge is 0.497 e. The van der Waals surface area contributed by atoms with Crippen LogP contribution in [0.3, 0.4) is 0 Å². The molecule has 1 aromatic carbocycles. The highest BCUT2D eigenvalue weighted by Gasteiger charge is 2.09. The Hall–Kier alpha value is -2.02. The van der Waals surface area contributed by atoms with E-state index in [1.807, 2.05) is 31.4 Å². The van der Waals surface area contributed by atoms with Crippen LogP contribution in [-0.4, -0.2) is 41.6 Å². The predicted octanol–water partition coefficient (Wildman–Crippen LogP) is 2.46. The van der Waals surface area contributed by atoms with Gasteiger partial charge in [-0.25, -0.2) is 0 Å². The molecule has 0 N–H and O–H groups in total. The van der Waals surface area contributed by atoms with Crippen LogP contribution in [0.5, 0.6) is 11.5 Å². The zero-order valence-electron chi connectivity index (χ0n) is 12.5. The van der Waals surface area contributed by atoms with Crippen LogP contribution >= 0.6 is 11.8 Å². The lowest BCUT2D eigenvalue weighted by atomic mass is 10.2. The van der Waals surface area contributed by atoms with Crippen molar-refractivity contribution >= 4 is 18.0 Å². The van der Waals surface area contributed by atoms with Crippen LogP contribution in [0.1, 0.15) is 18.3 Å². The van der Waals surface area contributed by atoms with Crippen molar-refractivity contribution in [2.75, 3.05) is 20.5 Å². The number of nitrogens with zero attached hydrogens (tertiary/aromatic N) is 4. The summed E-state index contributed by atoms with van der Waals surface area (Å²) in [6.07, 6.45) is 4.44. The van der Waals surface area contributed by atoms with Gasteiger partial charge in [-0.2, -0.15) is 9.78 Å². The van der Waals surface area contributed by atoms with Crippen molar-refractivity contribution in [3.63, 3.8) is 0 Å². The Bertz CT molecular complexity index is 618. The molecule has 0 bridgehead atoms. The third kappa shape index (κ3) is 3.36. The van der Waals surface area contributed by atoms with Crippen molar-refractivity contribution in [2.45, 2.75) is 18.5 Å². The predicted molar refractivity (Wildman–Crippen MR) is 83.7 cm³/mol. The second-order valence-electron chi connectivity index (χ2n) is 4.12. The smallest absolute Gasteiger partial charge is 0.211 e. The van der Waals surface area contributed by atoms with Crippen molar-refractivity contribution in [1.29, 1.82) is 0 Å². The van der Waals surface area contributed by atoms with Gasteiger partial charge in [-0.3, -0.25) is 0 Å². The minimum absolute atomic E-state index is 0.733. The Labute approximate surface area is 128 Å². The summed E-state index contributed by atoms with van der Waals surface area (Å²) >= 11 is 1.50. The molecule has 0 fully saturated rings. The van der Waals surface area contributed by atoms with Crippen LogP contribution in [0.2, 0.25) is 0 Å². The minimum Gasteiger partial charge on any atom is -0.497 e. The third-order valence-corrected chi connectivity index (χ3v) is 3.54. The van der Waals surface area contributed by atoms with E-state index in [1.165, 1.54) is 11.8 Å². The molecule has 112 valence electrons. The molecule has 1 heterocycles. The van der Waals surface area contributed by atoms with Gasteiger partial charge in [-0.05, 0) is 24.5 Å². The number of thioether (sulfide) groups is 1. The van der Waals surface area contributed by atoms with Crippen LogP contribution in [0, 0.1) is 0 Å². The van der Waals surface area contributed by atoms with E-state index in [0.717, 1.165) is 34.5 Å². The van der Waals surface area contributed by atoms with Gasteiger partial charge in [0.15, 0.2) is 5.82 Å². The normalized spacial score (nSPS) is 11.0. The minimum atomic E-state index is 0.733. The van der Waals surface area contributed by atoms with Crippen molar-refractivity contribution < 1.29 is 9.47 Å². The van der Waals surface area contributed by atoms with Gasteiger partial charge < -0.3 is 9.47 Å². The maximum atomic E-state index is 5.34. The quantitative estimate of drug-likeness (QED) is 0.606. The highest BCUT2D eigenvalue weighted by Crippen LogP contribution is 2.22. The first kappa shape index (κ1) is 15.4. The summed E-state index contributed by atoms with van der Waals surface area (Å²) in [5.41, 5.74) is 0.833. The van der Waals surface area contributed by atoms with Crippen LogP contribution in [-0.2, 0) is 6.42 Å². The molecule has 21 heavy (non-hydrogen) atoms. The number of hydrogen-bond donors (Lipinski definition) is 0. The van der Waals surface area contributed by atoms with Gasteiger partial charge in [0.25, 0.3) is 0 Å². The standard InChI is InChI=1S/C14H18N4O2S/c1-5-13-16-17-14(21-4)18(13)15-9-10-8-11(19-2)6-7-12(10)20-3/h6-9H,5H2,1-4H3/b15-9-. The number of benzene rings is 1. The zero-order valence-corrected chi connectivity index (χ0v) is 13.3. The first-order valence-corrected chi connectivity index (χ1v) is 7.70. The van der Waals surface area contributed by atoms with Crippen molar-refractivity contribution in [2.24, 2.45) is 5.10 Å². The van der Waals surface area contributed by atoms with Gasteiger partial charge in [0, 0.05) is 12.0 Å². The average Bonchev–Trinajstić information content (AvgIpc) is 2.94. The molecular formula is C14H18N4O2S. The zero-order chi connectivity index (χ0) is 15.2. The van der Waals surface area contributed by atoms with Crippen LogP contribution in [0.15, 0.2) is 28.5 Å². The molecule has 0 atom stereocenters. The monoisotopic (exact) mass is 306 g/mol. The SMILES string of the molecule is CCc1nnc(SC)n1/N=C\c1cc(OC)ccc1OC. The summed E-state index contributed by atoms with van der Waals surface area (Å²) in [7, 11) is 3.26. The van der Waals surface area contributed by atoms with Crippen LogP contribution < -0.4 is 9.47 Å². The van der Waals surface area contributed by atoms with E-state index in [2.05, 4.69) is 15.3 Å². The molecule has 0 aliphatic heterocycles. The number of hydrogen-bond acceptors (Lipinski definition) is 6. The van der Waals surface area contributed by atoms with Gasteiger partial charge in [0.05, 0.1) is 20.4 Å². The Morgan fingerprint density at radius 1 is 1.29 bits per heavy atom. The fourth-order valence-corrected chi connectivity index (χ4v) is 2.27. The van der Waals surface area contributed by atoms with Crippen molar-refractivity contribution in [3.8, 4) is 11.5 Å². The highest BCUT2D eigenvalue weighted by molar-refractivity contribution is 7.98. The lowest BCUT2D eigenvalue weighted by molar-refractivity contribution is 0.402. The summed E-state index contributed by atoms with van der Waals surface area (Å²) in [6.45, 7) is 2.02. The third-order valence-electron chi connectivity index (χ3n) is 2.92. The summed E-state index contributed by atoms with van der Waals surface area (Å²) < 4.78 is 12.3. The van der Waals surface area contributed by atoms with Gasteiger partial charge in [-0.15, -0.1) is 10.2 Å². The molecule has 7 heteroatoms. The van der Waals surface area contributed by atoms with Crippen LogP contribution in [0.25, 0.3) is 0 Å². The molecule has 2 rings (SSSR count). The Kier molecular flexibility index (Phi) is 5.21. The van der Waals surface area contributed by atoms with E-state index < -0.39 is 0 Å². The number of aromatic nitrogens is 3. The fraction of sp³-hybridized carbons (Fsp3) is 0.357. The first-order valence-electron chi connectivity index (χ1n) is 6.48. The Morgan fingerprint density at radius 2 is 2.10 bits per heavy atom. The molecule has 0 amide bonds. The summed E-state index contributed by atoms with van der Waals surface area (Å²) in [4.78, 5) is 0. The second-order valence-corrected chi connectivity index (χ2v) is 4.89. The lowest BCUT2D eigenvalue weighted by Gasteiger charge is -2.07. The summed E-state index contributed by atoms with van der Waals surface area (Å²) in [6, 6.07) is 5.57. The molecule has 0 unspecified atom stereocenters. The summed E-state index contributed by atoms with van der Waals surface area (Å²) in [5, 5.41) is 13.4. The average molecular weight is 306 g/mol. The maximum absolute atomic E-state index is 5.34. The molecule has 1 aromatic heterocycles. The van der Waals surface area contributed by atoms with Gasteiger partial charge in [-0.1, -0.05) is 18.7 Å². The van der Waals surface area contributed by atoms with Gasteiger partial charge in [0.2, 0.25) is 5.16 Å². The second kappa shape index (κ2) is 7.12. The van der Waals surface area contributed by atoms with Crippen molar-refractivity contribution in [1.82, 2.24) is 14.9 Å². The molecule has 0 aliphatic carbocycles. The van der Waals surface area contributed by atoms with E-state index in [0.29, 0.717) is 0 Å². The summed E-state index contributed by atoms with van der Waals surface area (Å²) in [5.74, 6) is 2.30. The number of ether oxygens (including phenoxy) is 2. The molecule has 0 radical (unpaired) electrons. The van der Waals surface area contributed by atoms with E-state index in [9.17, 15) is 0 Å². The van der Waals surface area contributed by atoms with E-state index >= 15 is 0 Å². The van der Waals surface area contributed by atoms with E-state index in [1.54, 1.807) is 25.1 Å².